The molecule has 0 spiro atoms. The minimum Gasteiger partial charge on any atom is -0.493 e. The number of nitrogens with zero attached hydrogens (tertiary/aromatic N) is 1. The minimum absolute atomic E-state index is 0.0163. The predicted molar refractivity (Wildman–Crippen MR) is 97.0 cm³/mol. The molecule has 0 unspecified atom stereocenters. The largest absolute Gasteiger partial charge is 0.493 e. The molecule has 1 aliphatic heterocycles. The Labute approximate surface area is 152 Å². The van der Waals surface area contributed by atoms with Crippen molar-refractivity contribution in [2.45, 2.75) is 25.3 Å². The van der Waals surface area contributed by atoms with Crippen molar-refractivity contribution in [3.63, 3.8) is 0 Å². The first-order valence-corrected chi connectivity index (χ1v) is 8.84. The zero-order valence-electron chi connectivity index (χ0n) is 15.0. The molecule has 0 N–H and O–H groups in total. The van der Waals surface area contributed by atoms with Crippen LogP contribution in [0.3, 0.4) is 0 Å². The number of carbonyl (C=O) groups excluding carboxylic acids is 2. The van der Waals surface area contributed by atoms with Gasteiger partial charge in [0, 0.05) is 19.0 Å². The molecule has 0 radical (unpaired) electrons. The molecule has 0 fully saturated rings. The van der Waals surface area contributed by atoms with Crippen LogP contribution in [0.25, 0.3) is 0 Å². The molecule has 5 heteroatoms. The maximum atomic E-state index is 12.8. The average Bonchev–Trinajstić information content (AvgIpc) is 2.67. The van der Waals surface area contributed by atoms with Gasteiger partial charge >= 0.3 is 5.97 Å². The quantitative estimate of drug-likeness (QED) is 0.626. The maximum Gasteiger partial charge on any atom is 0.343 e. The van der Waals surface area contributed by atoms with Crippen molar-refractivity contribution < 1.29 is 19.1 Å². The fourth-order valence-electron chi connectivity index (χ4n) is 3.98. The first-order chi connectivity index (χ1) is 12.6. The zero-order valence-corrected chi connectivity index (χ0v) is 15.0. The van der Waals surface area contributed by atoms with Crippen LogP contribution in [0.15, 0.2) is 36.4 Å². The number of hydrogen-bond donors (Lipinski definition) is 0. The van der Waals surface area contributed by atoms with Crippen molar-refractivity contribution >= 4 is 11.8 Å². The van der Waals surface area contributed by atoms with E-state index in [9.17, 15) is 9.59 Å². The normalized spacial score (nSPS) is 19.0. The van der Waals surface area contributed by atoms with Crippen molar-refractivity contribution in [3.8, 4) is 11.5 Å². The van der Waals surface area contributed by atoms with Gasteiger partial charge in [-0.3, -0.25) is 9.69 Å². The number of Topliss-reactive ketones (excluding diaryl/α,β-unsaturated/α-hetero) is 1. The summed E-state index contributed by atoms with van der Waals surface area (Å²) in [6.45, 7) is 0.942. The van der Waals surface area contributed by atoms with Crippen LogP contribution in [0.5, 0.6) is 11.5 Å². The van der Waals surface area contributed by atoms with E-state index in [1.807, 2.05) is 12.1 Å². The van der Waals surface area contributed by atoms with Crippen LogP contribution in [0, 0.1) is 0 Å². The molecule has 0 saturated carbocycles. The van der Waals surface area contributed by atoms with E-state index >= 15 is 0 Å². The Hall–Kier alpha value is -2.66. The number of ketones is 1. The molecule has 0 bridgehead atoms. The standard InChI is InChI=1S/C21H21NO4/c1-22-11-10-14-12-17(25-2)20(19-16(23)9-8-15(22)18(14)19)26-21(24)13-6-4-3-5-7-13/h3-7,12,15H,8-11H2,1-2H3/t15-/m1/s1. The van der Waals surface area contributed by atoms with Crippen LogP contribution >= 0.6 is 0 Å². The van der Waals surface area contributed by atoms with Gasteiger partial charge in [-0.1, -0.05) is 18.2 Å². The number of esters is 1. The van der Waals surface area contributed by atoms with E-state index in [2.05, 4.69) is 11.9 Å². The Kier molecular flexibility index (Phi) is 4.24. The van der Waals surface area contributed by atoms with Crippen molar-refractivity contribution in [1.82, 2.24) is 4.90 Å². The van der Waals surface area contributed by atoms with E-state index < -0.39 is 5.97 Å². The highest BCUT2D eigenvalue weighted by molar-refractivity contribution is 6.04. The van der Waals surface area contributed by atoms with Crippen molar-refractivity contribution in [1.29, 1.82) is 0 Å². The Morgan fingerprint density at radius 1 is 1.19 bits per heavy atom. The molecular weight excluding hydrogens is 330 g/mol. The highest BCUT2D eigenvalue weighted by atomic mass is 16.6. The van der Waals surface area contributed by atoms with Gasteiger partial charge in [-0.25, -0.2) is 4.79 Å². The van der Waals surface area contributed by atoms with Gasteiger partial charge in [0.1, 0.15) is 0 Å². The lowest BCUT2D eigenvalue weighted by atomic mass is 9.79. The summed E-state index contributed by atoms with van der Waals surface area (Å²) in [4.78, 5) is 27.6. The topological polar surface area (TPSA) is 55.8 Å². The Bertz CT molecular complexity index is 875. The fraction of sp³-hybridized carbons (Fsp3) is 0.333. The molecular formula is C21H21NO4. The molecule has 2 aromatic rings. The molecule has 134 valence electrons. The van der Waals surface area contributed by atoms with Crippen LogP contribution in [0.2, 0.25) is 0 Å². The second-order valence-corrected chi connectivity index (χ2v) is 6.82. The smallest absolute Gasteiger partial charge is 0.343 e. The Morgan fingerprint density at radius 2 is 1.96 bits per heavy atom. The first-order valence-electron chi connectivity index (χ1n) is 8.84. The summed E-state index contributed by atoms with van der Waals surface area (Å²) in [7, 11) is 3.61. The lowest BCUT2D eigenvalue weighted by Gasteiger charge is -2.39. The van der Waals surface area contributed by atoms with Gasteiger partial charge in [-0.2, -0.15) is 0 Å². The van der Waals surface area contributed by atoms with Crippen molar-refractivity contribution in [2.24, 2.45) is 0 Å². The van der Waals surface area contributed by atoms with Crippen LogP contribution in [0.1, 0.15) is 50.7 Å². The number of hydrogen-bond acceptors (Lipinski definition) is 5. The fourth-order valence-corrected chi connectivity index (χ4v) is 3.98. The maximum absolute atomic E-state index is 12.8. The van der Waals surface area contributed by atoms with E-state index in [1.54, 1.807) is 24.3 Å². The monoisotopic (exact) mass is 351 g/mol. The minimum atomic E-state index is -0.487. The van der Waals surface area contributed by atoms with E-state index in [4.69, 9.17) is 9.47 Å². The molecule has 2 aromatic carbocycles. The first kappa shape index (κ1) is 16.8. The lowest BCUT2D eigenvalue weighted by molar-refractivity contribution is 0.0724. The van der Waals surface area contributed by atoms with Gasteiger partial charge in [-0.15, -0.1) is 0 Å². The van der Waals surface area contributed by atoms with Gasteiger partial charge in [0.2, 0.25) is 0 Å². The van der Waals surface area contributed by atoms with Crippen LogP contribution in [0.4, 0.5) is 0 Å². The van der Waals surface area contributed by atoms with Gasteiger partial charge in [-0.05, 0) is 49.2 Å². The third-order valence-electron chi connectivity index (χ3n) is 5.32. The third-order valence-corrected chi connectivity index (χ3v) is 5.32. The summed E-state index contributed by atoms with van der Waals surface area (Å²) < 4.78 is 11.2. The highest BCUT2D eigenvalue weighted by Gasteiger charge is 2.37. The predicted octanol–water partition coefficient (Wildman–Crippen LogP) is 3.42. The highest BCUT2D eigenvalue weighted by Crippen LogP contribution is 2.47. The Balaban J connectivity index is 1.84. The summed E-state index contributed by atoms with van der Waals surface area (Å²) in [5.74, 6) is 0.230. The molecule has 2 aliphatic rings. The van der Waals surface area contributed by atoms with Crippen LogP contribution in [-0.2, 0) is 6.42 Å². The van der Waals surface area contributed by atoms with Crippen molar-refractivity contribution in [3.05, 3.63) is 58.7 Å². The second kappa shape index (κ2) is 6.57. The van der Waals surface area contributed by atoms with Gasteiger partial charge in [0.15, 0.2) is 17.3 Å². The van der Waals surface area contributed by atoms with E-state index in [1.165, 1.54) is 7.11 Å². The summed E-state index contributed by atoms with van der Waals surface area (Å²) in [5.41, 5.74) is 3.09. The molecule has 0 amide bonds. The SMILES string of the molecule is COc1cc2c3c(c1OC(=O)c1ccccc1)C(=O)CC[C@H]3N(C)CC2. The third kappa shape index (κ3) is 2.69. The number of carbonyl (C=O) groups is 2. The zero-order chi connectivity index (χ0) is 18.3. The molecule has 4 rings (SSSR count). The summed E-state index contributed by atoms with van der Waals surface area (Å²) in [5, 5.41) is 0. The average molecular weight is 351 g/mol. The molecule has 1 atom stereocenters. The number of likely N-dealkylation sites (N-methyl/N-ethyl adjacent to an activating group) is 1. The van der Waals surface area contributed by atoms with Crippen LogP contribution in [-0.4, -0.2) is 37.4 Å². The van der Waals surface area contributed by atoms with Crippen LogP contribution < -0.4 is 9.47 Å². The summed E-state index contributed by atoms with van der Waals surface area (Å²) in [6.07, 6.45) is 2.10. The van der Waals surface area contributed by atoms with Crippen molar-refractivity contribution in [2.75, 3.05) is 20.7 Å². The molecule has 1 heterocycles. The summed E-state index contributed by atoms with van der Waals surface area (Å²) >= 11 is 0. The summed E-state index contributed by atoms with van der Waals surface area (Å²) in [6, 6.07) is 10.9. The van der Waals surface area contributed by atoms with E-state index in [0.29, 0.717) is 23.3 Å². The lowest BCUT2D eigenvalue weighted by Crippen LogP contribution is -2.36. The van der Waals surface area contributed by atoms with E-state index in [0.717, 1.165) is 30.5 Å². The van der Waals surface area contributed by atoms with Gasteiger partial charge < -0.3 is 9.47 Å². The number of rotatable bonds is 3. The molecule has 26 heavy (non-hydrogen) atoms. The molecule has 0 saturated heterocycles. The second-order valence-electron chi connectivity index (χ2n) is 6.82. The number of methoxy groups -OCH3 is 1. The number of benzene rings is 2. The van der Waals surface area contributed by atoms with Gasteiger partial charge in [0.05, 0.1) is 18.2 Å². The number of ether oxygens (including phenoxy) is 2. The molecule has 1 aliphatic carbocycles. The molecule has 5 nitrogen and oxygen atoms in total. The van der Waals surface area contributed by atoms with Gasteiger partial charge in [0.25, 0.3) is 0 Å². The van der Waals surface area contributed by atoms with E-state index in [-0.39, 0.29) is 17.6 Å². The molecule has 0 aromatic heterocycles. The Morgan fingerprint density at radius 3 is 2.69 bits per heavy atom.